The van der Waals surface area contributed by atoms with Crippen molar-refractivity contribution in [2.75, 3.05) is 20.2 Å². The molecule has 3 nitrogen and oxygen atoms in total. The lowest BCUT2D eigenvalue weighted by Crippen LogP contribution is -2.33. The third kappa shape index (κ3) is 2.74. The Labute approximate surface area is 97.2 Å². The molecule has 88 valence electrons. The van der Waals surface area contributed by atoms with Gasteiger partial charge in [0.15, 0.2) is 0 Å². The van der Waals surface area contributed by atoms with E-state index in [1.165, 1.54) is 12.0 Å². The number of benzene rings is 1. The summed E-state index contributed by atoms with van der Waals surface area (Å²) in [5.41, 5.74) is 1.28. The van der Waals surface area contributed by atoms with Crippen molar-refractivity contribution in [3.05, 3.63) is 29.8 Å². The molecule has 1 fully saturated rings. The van der Waals surface area contributed by atoms with Crippen LogP contribution in [-0.2, 0) is 0 Å². The summed E-state index contributed by atoms with van der Waals surface area (Å²) in [7, 11) is 1.71. The Hall–Kier alpha value is -1.06. The molecule has 1 aromatic carbocycles. The molecule has 1 aliphatic rings. The van der Waals surface area contributed by atoms with Crippen molar-refractivity contribution >= 4 is 0 Å². The van der Waals surface area contributed by atoms with Crippen molar-refractivity contribution in [2.45, 2.75) is 25.4 Å². The van der Waals surface area contributed by atoms with Crippen molar-refractivity contribution in [3.63, 3.8) is 0 Å². The summed E-state index contributed by atoms with van der Waals surface area (Å²) in [6, 6.07) is 9.23. The minimum Gasteiger partial charge on any atom is -0.497 e. The Balaban J connectivity index is 1.98. The van der Waals surface area contributed by atoms with Crippen molar-refractivity contribution in [1.29, 1.82) is 0 Å². The quantitative estimate of drug-likeness (QED) is 0.810. The van der Waals surface area contributed by atoms with Crippen LogP contribution in [0.15, 0.2) is 24.3 Å². The van der Waals surface area contributed by atoms with Gasteiger partial charge in [-0.2, -0.15) is 0 Å². The van der Waals surface area contributed by atoms with E-state index in [2.05, 4.69) is 29.7 Å². The molecule has 0 amide bonds. The lowest BCUT2D eigenvalue weighted by Gasteiger charge is -2.19. The molecule has 0 radical (unpaired) electrons. The maximum Gasteiger partial charge on any atom is 0.119 e. The first kappa shape index (κ1) is 11.4. The van der Waals surface area contributed by atoms with Crippen molar-refractivity contribution < 1.29 is 4.74 Å². The van der Waals surface area contributed by atoms with Gasteiger partial charge in [-0.25, -0.2) is 0 Å². The lowest BCUT2D eigenvalue weighted by atomic mass is 10.1. The van der Waals surface area contributed by atoms with Crippen molar-refractivity contribution in [1.82, 2.24) is 10.6 Å². The van der Waals surface area contributed by atoms with Gasteiger partial charge in [-0.1, -0.05) is 12.1 Å². The predicted octanol–water partition coefficient (Wildman–Crippen LogP) is 1.71. The molecule has 0 spiro atoms. The number of hydrogen-bond donors (Lipinski definition) is 2. The van der Waals surface area contributed by atoms with Crippen LogP contribution in [0.2, 0.25) is 0 Å². The van der Waals surface area contributed by atoms with Crippen LogP contribution >= 0.6 is 0 Å². The molecule has 3 heteroatoms. The summed E-state index contributed by atoms with van der Waals surface area (Å²) in [6.07, 6.45) is 1.22. The van der Waals surface area contributed by atoms with E-state index < -0.39 is 0 Å². The fraction of sp³-hybridized carbons (Fsp3) is 0.538. The van der Waals surface area contributed by atoms with E-state index >= 15 is 0 Å². The van der Waals surface area contributed by atoms with Gasteiger partial charge in [-0.05, 0) is 37.6 Å². The molecule has 0 saturated carbocycles. The van der Waals surface area contributed by atoms with Crippen LogP contribution in [0.1, 0.15) is 24.9 Å². The highest BCUT2D eigenvalue weighted by atomic mass is 16.5. The molecule has 0 aliphatic carbocycles. The monoisotopic (exact) mass is 220 g/mol. The van der Waals surface area contributed by atoms with Crippen LogP contribution in [-0.4, -0.2) is 26.2 Å². The minimum atomic E-state index is 0.375. The van der Waals surface area contributed by atoms with E-state index in [1.54, 1.807) is 7.11 Å². The first-order valence-corrected chi connectivity index (χ1v) is 5.90. The maximum absolute atomic E-state index is 5.23. The van der Waals surface area contributed by atoms with Crippen LogP contribution in [0.4, 0.5) is 0 Å². The molecular formula is C13H20N2O. The molecule has 2 atom stereocenters. The molecular weight excluding hydrogens is 200 g/mol. The van der Waals surface area contributed by atoms with Crippen LogP contribution in [0, 0.1) is 0 Å². The van der Waals surface area contributed by atoms with E-state index in [9.17, 15) is 0 Å². The Bertz CT molecular complexity index is 334. The Kier molecular flexibility index (Phi) is 3.80. The Morgan fingerprint density at radius 1 is 1.50 bits per heavy atom. The third-order valence-electron chi connectivity index (χ3n) is 3.14. The van der Waals surface area contributed by atoms with Gasteiger partial charge < -0.3 is 15.4 Å². The second kappa shape index (κ2) is 5.32. The predicted molar refractivity (Wildman–Crippen MR) is 65.8 cm³/mol. The van der Waals surface area contributed by atoms with Crippen LogP contribution in [0.5, 0.6) is 5.75 Å². The van der Waals surface area contributed by atoms with Gasteiger partial charge >= 0.3 is 0 Å². The van der Waals surface area contributed by atoms with E-state index in [0.717, 1.165) is 18.8 Å². The number of ether oxygens (including phenoxy) is 1. The number of methoxy groups -OCH3 is 1. The summed E-state index contributed by atoms with van der Waals surface area (Å²) in [5.74, 6) is 0.927. The van der Waals surface area contributed by atoms with Crippen molar-refractivity contribution in [3.8, 4) is 5.75 Å². The molecule has 0 bridgehead atoms. The third-order valence-corrected chi connectivity index (χ3v) is 3.14. The molecule has 16 heavy (non-hydrogen) atoms. The van der Waals surface area contributed by atoms with E-state index in [0.29, 0.717) is 12.1 Å². The van der Waals surface area contributed by atoms with Gasteiger partial charge in [0, 0.05) is 18.6 Å². The summed E-state index contributed by atoms with van der Waals surface area (Å²) in [4.78, 5) is 0. The van der Waals surface area contributed by atoms with Crippen LogP contribution in [0.3, 0.4) is 0 Å². The summed E-state index contributed by atoms with van der Waals surface area (Å²) >= 11 is 0. The van der Waals surface area contributed by atoms with Gasteiger partial charge in [-0.15, -0.1) is 0 Å². The first-order chi connectivity index (χ1) is 7.79. The van der Waals surface area contributed by atoms with Gasteiger partial charge in [0.1, 0.15) is 5.75 Å². The number of rotatable bonds is 4. The Morgan fingerprint density at radius 3 is 3.06 bits per heavy atom. The zero-order valence-corrected chi connectivity index (χ0v) is 9.99. The second-order valence-corrected chi connectivity index (χ2v) is 4.35. The smallest absolute Gasteiger partial charge is 0.119 e. The van der Waals surface area contributed by atoms with Gasteiger partial charge in [0.25, 0.3) is 0 Å². The first-order valence-electron chi connectivity index (χ1n) is 5.90. The number of nitrogens with one attached hydrogen (secondary N) is 2. The summed E-state index contributed by atoms with van der Waals surface area (Å²) in [5, 5.41) is 6.99. The van der Waals surface area contributed by atoms with Gasteiger partial charge in [0.05, 0.1) is 7.11 Å². The highest BCUT2D eigenvalue weighted by molar-refractivity contribution is 5.30. The van der Waals surface area contributed by atoms with Gasteiger partial charge in [-0.3, -0.25) is 0 Å². The molecule has 1 aliphatic heterocycles. The standard InChI is InChI=1S/C13H20N2O/c1-10(15-12-6-7-14-9-12)11-4-3-5-13(8-11)16-2/h3-5,8,10,12,14-15H,6-7,9H2,1-2H3/t10-,12?/m1/s1. The van der Waals surface area contributed by atoms with Crippen LogP contribution < -0.4 is 15.4 Å². The molecule has 0 aromatic heterocycles. The summed E-state index contributed by atoms with van der Waals surface area (Å²) < 4.78 is 5.23. The average Bonchev–Trinajstić information content (AvgIpc) is 2.82. The molecule has 1 aromatic rings. The van der Waals surface area contributed by atoms with E-state index in [4.69, 9.17) is 4.74 Å². The zero-order chi connectivity index (χ0) is 11.4. The molecule has 2 N–H and O–H groups in total. The molecule has 2 rings (SSSR count). The molecule has 1 heterocycles. The normalized spacial score (nSPS) is 22.0. The number of hydrogen-bond acceptors (Lipinski definition) is 3. The fourth-order valence-electron chi connectivity index (χ4n) is 2.16. The van der Waals surface area contributed by atoms with E-state index in [-0.39, 0.29) is 0 Å². The highest BCUT2D eigenvalue weighted by Gasteiger charge is 2.17. The SMILES string of the molecule is COc1cccc([C@@H](C)NC2CCNC2)c1. The van der Waals surface area contributed by atoms with Crippen molar-refractivity contribution in [2.24, 2.45) is 0 Å². The summed E-state index contributed by atoms with van der Waals surface area (Å²) in [6.45, 7) is 4.41. The van der Waals surface area contributed by atoms with Crippen LogP contribution in [0.25, 0.3) is 0 Å². The zero-order valence-electron chi connectivity index (χ0n) is 9.99. The molecule has 1 unspecified atom stereocenters. The Morgan fingerprint density at radius 2 is 2.38 bits per heavy atom. The topological polar surface area (TPSA) is 33.3 Å². The molecule has 1 saturated heterocycles. The maximum atomic E-state index is 5.23. The largest absolute Gasteiger partial charge is 0.497 e. The highest BCUT2D eigenvalue weighted by Crippen LogP contribution is 2.19. The minimum absolute atomic E-state index is 0.375. The second-order valence-electron chi connectivity index (χ2n) is 4.35. The van der Waals surface area contributed by atoms with Gasteiger partial charge in [0.2, 0.25) is 0 Å². The lowest BCUT2D eigenvalue weighted by molar-refractivity contribution is 0.412. The fourth-order valence-corrected chi connectivity index (χ4v) is 2.16. The average molecular weight is 220 g/mol. The van der Waals surface area contributed by atoms with E-state index in [1.807, 2.05) is 12.1 Å².